The Balaban J connectivity index is 1.47. The lowest BCUT2D eigenvalue weighted by molar-refractivity contribution is -0.118. The summed E-state index contributed by atoms with van der Waals surface area (Å²) >= 11 is 1.28. The molecule has 29 heavy (non-hydrogen) atoms. The van der Waals surface area contributed by atoms with E-state index in [4.69, 9.17) is 4.74 Å². The first-order valence-corrected chi connectivity index (χ1v) is 10.1. The molecule has 0 aliphatic rings. The zero-order chi connectivity index (χ0) is 20.5. The molecule has 0 spiro atoms. The van der Waals surface area contributed by atoms with Gasteiger partial charge in [0.05, 0.1) is 12.0 Å². The van der Waals surface area contributed by atoms with Crippen molar-refractivity contribution in [2.24, 2.45) is 5.10 Å². The molecule has 1 aromatic heterocycles. The van der Waals surface area contributed by atoms with Crippen LogP contribution < -0.4 is 10.2 Å². The van der Waals surface area contributed by atoms with Gasteiger partial charge in [-0.25, -0.2) is 15.4 Å². The fraction of sp³-hybridized carbons (Fsp3) is 0.182. The van der Waals surface area contributed by atoms with Crippen molar-refractivity contribution in [2.75, 3.05) is 5.75 Å². The summed E-state index contributed by atoms with van der Waals surface area (Å²) in [5.74, 6) is 0.720. The Labute approximate surface area is 174 Å². The minimum atomic E-state index is -0.217. The topological polar surface area (TPSA) is 76.5 Å². The van der Waals surface area contributed by atoms with Gasteiger partial charge in [0.15, 0.2) is 5.16 Å². The summed E-state index contributed by atoms with van der Waals surface area (Å²) in [4.78, 5) is 20.6. The molecule has 148 valence electrons. The van der Waals surface area contributed by atoms with Crippen LogP contribution in [0.15, 0.2) is 70.9 Å². The van der Waals surface area contributed by atoms with Gasteiger partial charge in [-0.1, -0.05) is 54.2 Å². The summed E-state index contributed by atoms with van der Waals surface area (Å²) in [6, 6.07) is 19.4. The standard InChI is InChI=1S/C22H22N4O2S/c1-16-11-17(2)25-22(24-16)29-15-21(27)26-23-13-19-9-6-10-20(12-19)28-14-18-7-4-3-5-8-18/h3-13H,14-15H2,1-2H3,(H,26,27). The number of carbonyl (C=O) groups is 1. The zero-order valence-corrected chi connectivity index (χ0v) is 17.1. The molecule has 2 aromatic carbocycles. The fourth-order valence-corrected chi connectivity index (χ4v) is 3.27. The van der Waals surface area contributed by atoms with Crippen molar-refractivity contribution in [3.63, 3.8) is 0 Å². The summed E-state index contributed by atoms with van der Waals surface area (Å²) in [5.41, 5.74) is 6.22. The number of carbonyl (C=O) groups excluding carboxylic acids is 1. The number of benzene rings is 2. The molecule has 0 fully saturated rings. The van der Waals surface area contributed by atoms with Gasteiger partial charge in [-0.2, -0.15) is 5.10 Å². The first-order chi connectivity index (χ1) is 14.1. The Kier molecular flexibility index (Phi) is 7.35. The number of hydrogen-bond donors (Lipinski definition) is 1. The molecular weight excluding hydrogens is 384 g/mol. The number of amides is 1. The van der Waals surface area contributed by atoms with E-state index < -0.39 is 0 Å². The lowest BCUT2D eigenvalue weighted by atomic mass is 10.2. The van der Waals surface area contributed by atoms with Gasteiger partial charge in [0.1, 0.15) is 12.4 Å². The van der Waals surface area contributed by atoms with Gasteiger partial charge in [-0.3, -0.25) is 4.79 Å². The highest BCUT2D eigenvalue weighted by Crippen LogP contribution is 2.15. The zero-order valence-electron chi connectivity index (χ0n) is 16.3. The second-order valence-corrected chi connectivity index (χ2v) is 7.30. The summed E-state index contributed by atoms with van der Waals surface area (Å²) in [5, 5.41) is 4.60. The van der Waals surface area contributed by atoms with Crippen LogP contribution in [-0.2, 0) is 11.4 Å². The SMILES string of the molecule is Cc1cc(C)nc(SCC(=O)NN=Cc2cccc(OCc3ccccc3)c2)n1. The number of nitrogens with one attached hydrogen (secondary N) is 1. The third-order valence-electron chi connectivity index (χ3n) is 3.80. The molecule has 0 unspecified atom stereocenters. The molecule has 1 amide bonds. The predicted octanol–water partition coefficient (Wildman–Crippen LogP) is 3.91. The van der Waals surface area contributed by atoms with Gasteiger partial charge in [-0.05, 0) is 43.2 Å². The quantitative estimate of drug-likeness (QED) is 0.266. The molecule has 0 aliphatic heterocycles. The van der Waals surface area contributed by atoms with Crippen LogP contribution in [-0.4, -0.2) is 27.8 Å². The second-order valence-electron chi connectivity index (χ2n) is 6.36. The van der Waals surface area contributed by atoms with E-state index in [-0.39, 0.29) is 11.7 Å². The Bertz CT molecular complexity index is 973. The van der Waals surface area contributed by atoms with Crippen LogP contribution in [0.4, 0.5) is 0 Å². The Hall–Kier alpha value is -3.19. The van der Waals surface area contributed by atoms with Crippen molar-refractivity contribution in [2.45, 2.75) is 25.6 Å². The van der Waals surface area contributed by atoms with Crippen molar-refractivity contribution in [1.82, 2.24) is 15.4 Å². The fourth-order valence-electron chi connectivity index (χ4n) is 2.52. The number of ether oxygens (including phenoxy) is 1. The van der Waals surface area contributed by atoms with E-state index in [1.54, 1.807) is 6.21 Å². The van der Waals surface area contributed by atoms with Crippen LogP contribution in [0.3, 0.4) is 0 Å². The van der Waals surface area contributed by atoms with Gasteiger partial charge in [-0.15, -0.1) is 0 Å². The summed E-state index contributed by atoms with van der Waals surface area (Å²) in [6.45, 7) is 4.30. The number of rotatable bonds is 8. The van der Waals surface area contributed by atoms with E-state index in [0.29, 0.717) is 11.8 Å². The average Bonchev–Trinajstić information content (AvgIpc) is 2.71. The lowest BCUT2D eigenvalue weighted by Gasteiger charge is -2.06. The van der Waals surface area contributed by atoms with Crippen molar-refractivity contribution in [1.29, 1.82) is 0 Å². The van der Waals surface area contributed by atoms with Crippen LogP contribution in [0.5, 0.6) is 5.75 Å². The van der Waals surface area contributed by atoms with Gasteiger partial charge in [0.25, 0.3) is 5.91 Å². The molecule has 1 N–H and O–H groups in total. The number of thioether (sulfide) groups is 1. The van der Waals surface area contributed by atoms with Crippen molar-refractivity contribution >= 4 is 23.9 Å². The molecular formula is C22H22N4O2S. The molecule has 6 nitrogen and oxygen atoms in total. The molecule has 0 bridgehead atoms. The smallest absolute Gasteiger partial charge is 0.250 e. The van der Waals surface area contributed by atoms with Gasteiger partial charge in [0.2, 0.25) is 0 Å². The monoisotopic (exact) mass is 406 g/mol. The number of aryl methyl sites for hydroxylation is 2. The van der Waals surface area contributed by atoms with Gasteiger partial charge < -0.3 is 4.74 Å². The minimum Gasteiger partial charge on any atom is -0.489 e. The second kappa shape index (κ2) is 10.4. The first kappa shape index (κ1) is 20.5. The third kappa shape index (κ3) is 7.04. The van der Waals surface area contributed by atoms with E-state index in [9.17, 15) is 4.79 Å². The van der Waals surface area contributed by atoms with Crippen molar-refractivity contribution in [3.8, 4) is 5.75 Å². The molecule has 0 aliphatic carbocycles. The largest absolute Gasteiger partial charge is 0.489 e. The van der Waals surface area contributed by atoms with Crippen LogP contribution in [0.25, 0.3) is 0 Å². The normalized spacial score (nSPS) is 10.8. The first-order valence-electron chi connectivity index (χ1n) is 9.12. The van der Waals surface area contributed by atoms with Gasteiger partial charge >= 0.3 is 0 Å². The number of aromatic nitrogens is 2. The minimum absolute atomic E-state index is 0.195. The summed E-state index contributed by atoms with van der Waals surface area (Å²) in [6.07, 6.45) is 1.59. The van der Waals surface area contributed by atoms with E-state index >= 15 is 0 Å². The molecule has 7 heteroatoms. The molecule has 3 aromatic rings. The molecule has 0 radical (unpaired) electrons. The maximum absolute atomic E-state index is 12.0. The molecule has 0 atom stereocenters. The number of nitrogens with zero attached hydrogens (tertiary/aromatic N) is 3. The van der Waals surface area contributed by atoms with Crippen LogP contribution >= 0.6 is 11.8 Å². The van der Waals surface area contributed by atoms with E-state index in [1.807, 2.05) is 74.5 Å². The molecule has 3 rings (SSSR count). The van der Waals surface area contributed by atoms with Crippen LogP contribution in [0.2, 0.25) is 0 Å². The maximum Gasteiger partial charge on any atom is 0.250 e. The number of hydrogen-bond acceptors (Lipinski definition) is 6. The van der Waals surface area contributed by atoms with E-state index in [2.05, 4.69) is 20.5 Å². The third-order valence-corrected chi connectivity index (χ3v) is 4.65. The highest BCUT2D eigenvalue weighted by atomic mass is 32.2. The molecule has 0 saturated heterocycles. The maximum atomic E-state index is 12.0. The van der Waals surface area contributed by atoms with Crippen molar-refractivity contribution in [3.05, 3.63) is 83.2 Å². The lowest BCUT2D eigenvalue weighted by Crippen LogP contribution is -2.19. The Morgan fingerprint density at radius 1 is 1.07 bits per heavy atom. The summed E-state index contributed by atoms with van der Waals surface area (Å²) < 4.78 is 5.80. The van der Waals surface area contributed by atoms with Crippen molar-refractivity contribution < 1.29 is 9.53 Å². The highest BCUT2D eigenvalue weighted by molar-refractivity contribution is 7.99. The van der Waals surface area contributed by atoms with E-state index in [0.717, 1.165) is 28.3 Å². The van der Waals surface area contributed by atoms with Crippen LogP contribution in [0.1, 0.15) is 22.5 Å². The molecule has 1 heterocycles. The van der Waals surface area contributed by atoms with Crippen LogP contribution in [0, 0.1) is 13.8 Å². The number of hydrazone groups is 1. The predicted molar refractivity (Wildman–Crippen MR) is 115 cm³/mol. The highest BCUT2D eigenvalue weighted by Gasteiger charge is 2.05. The Morgan fingerprint density at radius 3 is 2.59 bits per heavy atom. The average molecular weight is 407 g/mol. The van der Waals surface area contributed by atoms with E-state index in [1.165, 1.54) is 11.8 Å². The summed E-state index contributed by atoms with van der Waals surface area (Å²) in [7, 11) is 0. The molecule has 0 saturated carbocycles. The van der Waals surface area contributed by atoms with Gasteiger partial charge in [0, 0.05) is 11.4 Å². The Morgan fingerprint density at radius 2 is 1.83 bits per heavy atom.